The molecule has 1 saturated heterocycles. The number of amides is 1. The number of nitro benzene ring substituents is 1. The SMILES string of the molecule is CCOC(=O)CSc1nnc(C2CC(=O)N(c3cc([N+](=O)[O-])ccc3C)C2)n1N. The van der Waals surface area contributed by atoms with E-state index in [1.54, 1.807) is 19.9 Å². The number of nitrogen functional groups attached to an aromatic ring is 1. The molecule has 11 nitrogen and oxygen atoms in total. The third-order valence-electron chi connectivity index (χ3n) is 4.50. The van der Waals surface area contributed by atoms with E-state index < -0.39 is 4.92 Å². The van der Waals surface area contributed by atoms with E-state index >= 15 is 0 Å². The molecule has 154 valence electrons. The van der Waals surface area contributed by atoms with Crippen LogP contribution in [-0.4, -0.2) is 50.6 Å². The van der Waals surface area contributed by atoms with E-state index in [4.69, 9.17) is 10.6 Å². The van der Waals surface area contributed by atoms with Crippen LogP contribution in [0.5, 0.6) is 0 Å². The number of benzene rings is 1. The number of nitro groups is 1. The number of aromatic nitrogens is 3. The summed E-state index contributed by atoms with van der Waals surface area (Å²) in [6.45, 7) is 4.07. The maximum absolute atomic E-state index is 12.6. The van der Waals surface area contributed by atoms with Gasteiger partial charge in [-0.05, 0) is 19.4 Å². The number of hydrogen-bond donors (Lipinski definition) is 1. The summed E-state index contributed by atoms with van der Waals surface area (Å²) in [7, 11) is 0. The van der Waals surface area contributed by atoms with Gasteiger partial charge in [0, 0.05) is 31.0 Å². The van der Waals surface area contributed by atoms with E-state index in [1.807, 2.05) is 0 Å². The maximum atomic E-state index is 12.6. The first-order valence-electron chi connectivity index (χ1n) is 8.86. The molecule has 1 atom stereocenters. The molecule has 0 bridgehead atoms. The monoisotopic (exact) mass is 420 g/mol. The van der Waals surface area contributed by atoms with Crippen molar-refractivity contribution in [3.8, 4) is 0 Å². The Morgan fingerprint density at radius 3 is 2.90 bits per heavy atom. The highest BCUT2D eigenvalue weighted by molar-refractivity contribution is 7.99. The zero-order valence-electron chi connectivity index (χ0n) is 15.9. The van der Waals surface area contributed by atoms with Crippen LogP contribution in [0.15, 0.2) is 23.4 Å². The number of anilines is 1. The lowest BCUT2D eigenvalue weighted by molar-refractivity contribution is -0.384. The van der Waals surface area contributed by atoms with Crippen LogP contribution >= 0.6 is 11.8 Å². The van der Waals surface area contributed by atoms with E-state index in [1.165, 1.54) is 21.7 Å². The third-order valence-corrected chi connectivity index (χ3v) is 5.42. The number of aryl methyl sites for hydroxylation is 1. The fourth-order valence-electron chi connectivity index (χ4n) is 3.11. The summed E-state index contributed by atoms with van der Waals surface area (Å²) in [6.07, 6.45) is 0.153. The minimum Gasteiger partial charge on any atom is -0.465 e. The van der Waals surface area contributed by atoms with Crippen molar-refractivity contribution in [2.24, 2.45) is 0 Å². The molecule has 1 unspecified atom stereocenters. The summed E-state index contributed by atoms with van der Waals surface area (Å²) in [5.41, 5.74) is 1.16. The summed E-state index contributed by atoms with van der Waals surface area (Å²) >= 11 is 1.10. The molecule has 0 spiro atoms. The van der Waals surface area contributed by atoms with E-state index in [9.17, 15) is 19.7 Å². The van der Waals surface area contributed by atoms with Gasteiger partial charge in [-0.25, -0.2) is 4.68 Å². The number of carbonyl (C=O) groups excluding carboxylic acids is 2. The Kier molecular flexibility index (Phi) is 6.01. The van der Waals surface area contributed by atoms with Gasteiger partial charge in [-0.2, -0.15) is 0 Å². The largest absolute Gasteiger partial charge is 0.465 e. The average Bonchev–Trinajstić information content (AvgIpc) is 3.23. The van der Waals surface area contributed by atoms with Crippen molar-refractivity contribution in [1.82, 2.24) is 14.9 Å². The molecule has 2 heterocycles. The quantitative estimate of drug-likeness (QED) is 0.231. The Balaban J connectivity index is 1.77. The second kappa shape index (κ2) is 8.47. The van der Waals surface area contributed by atoms with Crippen molar-refractivity contribution >= 4 is 35.0 Å². The number of nitrogens with two attached hydrogens (primary N) is 1. The first-order valence-corrected chi connectivity index (χ1v) is 9.84. The lowest BCUT2D eigenvalue weighted by atomic mass is 10.1. The molecule has 1 aliphatic heterocycles. The molecule has 12 heteroatoms. The lowest BCUT2D eigenvalue weighted by Gasteiger charge is -2.18. The van der Waals surface area contributed by atoms with E-state index in [2.05, 4.69) is 10.2 Å². The molecule has 0 radical (unpaired) electrons. The highest BCUT2D eigenvalue weighted by Crippen LogP contribution is 2.34. The van der Waals surface area contributed by atoms with Gasteiger partial charge in [0.2, 0.25) is 11.1 Å². The fourth-order valence-corrected chi connectivity index (χ4v) is 3.77. The Bertz CT molecular complexity index is 962. The molecule has 2 aromatic rings. The highest BCUT2D eigenvalue weighted by Gasteiger charge is 2.36. The molecule has 29 heavy (non-hydrogen) atoms. The molecule has 2 N–H and O–H groups in total. The Morgan fingerprint density at radius 1 is 1.45 bits per heavy atom. The number of ether oxygens (including phenoxy) is 1. The topological polar surface area (TPSA) is 146 Å². The predicted molar refractivity (Wildman–Crippen MR) is 105 cm³/mol. The van der Waals surface area contributed by atoms with Crippen LogP contribution in [0.25, 0.3) is 0 Å². The zero-order chi connectivity index (χ0) is 21.1. The summed E-state index contributed by atoms with van der Waals surface area (Å²) < 4.78 is 6.14. The van der Waals surface area contributed by atoms with Gasteiger partial charge in [-0.1, -0.05) is 17.8 Å². The smallest absolute Gasteiger partial charge is 0.316 e. The van der Waals surface area contributed by atoms with Gasteiger partial charge in [0.1, 0.15) is 0 Å². The number of rotatable bonds is 7. The molecule has 3 rings (SSSR count). The summed E-state index contributed by atoms with van der Waals surface area (Å²) in [4.78, 5) is 36.2. The number of non-ortho nitro benzene ring substituents is 1. The maximum Gasteiger partial charge on any atom is 0.316 e. The molecule has 1 aromatic heterocycles. The summed E-state index contributed by atoms with van der Waals surface area (Å²) in [5, 5.41) is 19.5. The normalized spacial score (nSPS) is 16.3. The van der Waals surface area contributed by atoms with E-state index in [-0.39, 0.29) is 48.8 Å². The second-order valence-corrected chi connectivity index (χ2v) is 7.38. The van der Waals surface area contributed by atoms with Crippen LogP contribution in [0.2, 0.25) is 0 Å². The van der Waals surface area contributed by atoms with Gasteiger partial charge in [0.05, 0.1) is 23.0 Å². The number of hydrogen-bond acceptors (Lipinski definition) is 9. The Labute approximate surface area is 170 Å². The van der Waals surface area contributed by atoms with Crippen LogP contribution in [0.3, 0.4) is 0 Å². The van der Waals surface area contributed by atoms with Gasteiger partial charge in [-0.3, -0.25) is 19.7 Å². The Hall–Kier alpha value is -3.15. The zero-order valence-corrected chi connectivity index (χ0v) is 16.7. The summed E-state index contributed by atoms with van der Waals surface area (Å²) in [6, 6.07) is 4.41. The van der Waals surface area contributed by atoms with Crippen LogP contribution in [0.4, 0.5) is 11.4 Å². The molecule has 0 aliphatic carbocycles. The van der Waals surface area contributed by atoms with Crippen LogP contribution in [0, 0.1) is 17.0 Å². The fraction of sp³-hybridized carbons (Fsp3) is 0.412. The third kappa shape index (κ3) is 4.31. The minimum absolute atomic E-state index is 0.0474. The average molecular weight is 420 g/mol. The van der Waals surface area contributed by atoms with Crippen molar-refractivity contribution in [3.05, 3.63) is 39.7 Å². The predicted octanol–water partition coefficient (Wildman–Crippen LogP) is 1.38. The standard InChI is InChI=1S/C17H20N6O5S/c1-3-28-15(25)9-29-17-20-19-16(22(17)18)11-6-14(24)21(8-11)13-7-12(23(26)27)5-4-10(13)2/h4-5,7,11H,3,6,8-9,18H2,1-2H3. The van der Waals surface area contributed by atoms with E-state index in [0.29, 0.717) is 16.7 Å². The first-order chi connectivity index (χ1) is 13.8. The van der Waals surface area contributed by atoms with Crippen LogP contribution < -0.4 is 10.7 Å². The van der Waals surface area contributed by atoms with Gasteiger partial charge in [-0.15, -0.1) is 10.2 Å². The van der Waals surface area contributed by atoms with E-state index in [0.717, 1.165) is 17.3 Å². The highest BCUT2D eigenvalue weighted by atomic mass is 32.2. The summed E-state index contributed by atoms with van der Waals surface area (Å²) in [5.74, 6) is 5.64. The number of carbonyl (C=O) groups is 2. The second-order valence-electron chi connectivity index (χ2n) is 6.44. The molecule has 0 saturated carbocycles. The lowest BCUT2D eigenvalue weighted by Crippen LogP contribution is -2.26. The molecular weight excluding hydrogens is 400 g/mol. The first kappa shape index (κ1) is 20.6. The number of esters is 1. The Morgan fingerprint density at radius 2 is 2.21 bits per heavy atom. The molecule has 1 aliphatic rings. The van der Waals surface area contributed by atoms with Crippen LogP contribution in [0.1, 0.15) is 30.7 Å². The molecule has 1 amide bonds. The molecule has 1 fully saturated rings. The molecule has 1 aromatic carbocycles. The van der Waals surface area contributed by atoms with Gasteiger partial charge in [0.15, 0.2) is 5.82 Å². The number of nitrogens with zero attached hydrogens (tertiary/aromatic N) is 5. The van der Waals surface area contributed by atoms with Crippen molar-refractivity contribution in [2.75, 3.05) is 29.6 Å². The van der Waals surface area contributed by atoms with Crippen molar-refractivity contribution in [1.29, 1.82) is 0 Å². The van der Waals surface area contributed by atoms with Gasteiger partial charge in [0.25, 0.3) is 5.69 Å². The minimum atomic E-state index is -0.496. The van der Waals surface area contributed by atoms with Crippen molar-refractivity contribution in [2.45, 2.75) is 31.3 Å². The van der Waals surface area contributed by atoms with Crippen LogP contribution in [-0.2, 0) is 14.3 Å². The van der Waals surface area contributed by atoms with Gasteiger partial charge >= 0.3 is 5.97 Å². The van der Waals surface area contributed by atoms with Gasteiger partial charge < -0.3 is 15.5 Å². The van der Waals surface area contributed by atoms with Crippen molar-refractivity contribution in [3.63, 3.8) is 0 Å². The van der Waals surface area contributed by atoms with Crippen molar-refractivity contribution < 1.29 is 19.2 Å². The number of thioether (sulfide) groups is 1. The molecular formula is C17H20N6O5S.